The third-order valence-corrected chi connectivity index (χ3v) is 7.40. The zero-order chi connectivity index (χ0) is 27.7. The van der Waals surface area contributed by atoms with Crippen molar-refractivity contribution in [2.75, 3.05) is 19.1 Å². The zero-order valence-electron chi connectivity index (χ0n) is 20.9. The summed E-state index contributed by atoms with van der Waals surface area (Å²) in [6.07, 6.45) is 0. The Balaban J connectivity index is 1.74. The number of thiazole rings is 1. The molecule has 9 nitrogen and oxygen atoms in total. The molecule has 0 amide bonds. The normalized spacial score (nSPS) is 15.3. The van der Waals surface area contributed by atoms with Crippen LogP contribution in [0.15, 0.2) is 95.5 Å². The van der Waals surface area contributed by atoms with Gasteiger partial charge in [0.15, 0.2) is 0 Å². The fraction of sp³-hybridized carbons (Fsp3) is 0.103. The number of benzene rings is 3. The van der Waals surface area contributed by atoms with E-state index >= 15 is 0 Å². The molecule has 1 unspecified atom stereocenters. The van der Waals surface area contributed by atoms with Crippen molar-refractivity contribution in [2.24, 2.45) is 5.73 Å². The summed E-state index contributed by atoms with van der Waals surface area (Å²) in [7, 11) is 2.41. The van der Waals surface area contributed by atoms with Gasteiger partial charge >= 0.3 is 11.9 Å². The first-order chi connectivity index (χ1) is 18.9. The number of aromatic nitrogens is 1. The molecule has 10 heteroatoms. The van der Waals surface area contributed by atoms with Crippen LogP contribution in [0.2, 0.25) is 0 Å². The van der Waals surface area contributed by atoms with Gasteiger partial charge in [0, 0.05) is 11.3 Å². The molecule has 3 N–H and O–H groups in total. The van der Waals surface area contributed by atoms with Crippen LogP contribution >= 0.6 is 11.3 Å². The van der Waals surface area contributed by atoms with E-state index in [1.165, 1.54) is 30.5 Å². The summed E-state index contributed by atoms with van der Waals surface area (Å²) in [6.45, 7) is 0. The van der Waals surface area contributed by atoms with Gasteiger partial charge in [-0.05, 0) is 35.9 Å². The van der Waals surface area contributed by atoms with Gasteiger partial charge in [-0.15, -0.1) is 11.3 Å². The van der Waals surface area contributed by atoms with E-state index in [-0.39, 0.29) is 28.4 Å². The van der Waals surface area contributed by atoms with Gasteiger partial charge in [0.05, 0.1) is 47.6 Å². The first-order valence-corrected chi connectivity index (χ1v) is 12.5. The number of carbonyl (C=O) groups excluding carboxylic acids is 2. The van der Waals surface area contributed by atoms with Crippen molar-refractivity contribution >= 4 is 39.2 Å². The Morgan fingerprint density at radius 3 is 2.44 bits per heavy atom. The molecule has 5 rings (SSSR count). The van der Waals surface area contributed by atoms with E-state index in [4.69, 9.17) is 15.2 Å². The number of rotatable bonds is 5. The second-order valence-electron chi connectivity index (χ2n) is 8.56. The number of nitriles is 1. The minimum atomic E-state index is -0.946. The molecule has 0 saturated heterocycles. The molecule has 4 aromatic rings. The molecule has 0 fully saturated rings. The number of ether oxygens (including phenoxy) is 2. The van der Waals surface area contributed by atoms with Crippen molar-refractivity contribution in [2.45, 2.75) is 5.92 Å². The maximum atomic E-state index is 13.3. The van der Waals surface area contributed by atoms with Gasteiger partial charge in [-0.2, -0.15) is 5.26 Å². The van der Waals surface area contributed by atoms with Gasteiger partial charge in [-0.25, -0.2) is 14.6 Å². The number of hydrogen-bond donors (Lipinski definition) is 2. The molecule has 0 radical (unpaired) electrons. The Bertz CT molecular complexity index is 1720. The monoisotopic (exact) mass is 538 g/mol. The van der Waals surface area contributed by atoms with Gasteiger partial charge < -0.3 is 20.3 Å². The summed E-state index contributed by atoms with van der Waals surface area (Å²) in [4.78, 5) is 32.5. The number of aromatic hydroxyl groups is 1. The van der Waals surface area contributed by atoms with Crippen molar-refractivity contribution in [3.63, 3.8) is 0 Å². The highest BCUT2D eigenvalue weighted by atomic mass is 32.1. The molecule has 194 valence electrons. The molecule has 39 heavy (non-hydrogen) atoms. The molecule has 0 aliphatic carbocycles. The minimum absolute atomic E-state index is 0.0172. The number of allylic oxidation sites excluding steroid dienone is 1. The maximum Gasteiger partial charge on any atom is 0.355 e. The van der Waals surface area contributed by atoms with E-state index < -0.39 is 17.9 Å². The van der Waals surface area contributed by atoms with Gasteiger partial charge in [0.25, 0.3) is 0 Å². The summed E-state index contributed by atoms with van der Waals surface area (Å²) in [5.74, 6) is -2.45. The van der Waals surface area contributed by atoms with Gasteiger partial charge in [-0.3, -0.25) is 4.90 Å². The highest BCUT2D eigenvalue weighted by molar-refractivity contribution is 7.21. The number of phenols is 1. The van der Waals surface area contributed by atoms with Gasteiger partial charge in [0.2, 0.25) is 0 Å². The molecular weight excluding hydrogens is 516 g/mol. The van der Waals surface area contributed by atoms with Crippen LogP contribution in [0, 0.1) is 11.3 Å². The van der Waals surface area contributed by atoms with E-state index in [0.29, 0.717) is 21.8 Å². The van der Waals surface area contributed by atoms with Crippen molar-refractivity contribution in [3.05, 3.63) is 101 Å². The molecule has 1 atom stereocenters. The topological polar surface area (TPSA) is 139 Å². The van der Waals surface area contributed by atoms with E-state index in [9.17, 15) is 20.0 Å². The highest BCUT2D eigenvalue weighted by Crippen LogP contribution is 2.44. The average Bonchev–Trinajstić information content (AvgIpc) is 3.39. The minimum Gasteiger partial charge on any atom is -0.508 e. The summed E-state index contributed by atoms with van der Waals surface area (Å²) >= 11 is 1.37. The number of phenolic OH excluding ortho intramolecular Hbond substituents is 1. The molecule has 1 aromatic heterocycles. The molecule has 2 heterocycles. The number of carbonyl (C=O) groups is 2. The summed E-state index contributed by atoms with van der Waals surface area (Å²) in [5.41, 5.74) is 8.90. The number of hydrogen-bond acceptors (Lipinski definition) is 10. The summed E-state index contributed by atoms with van der Waals surface area (Å²) in [6, 6.07) is 22.9. The second kappa shape index (κ2) is 10.3. The van der Waals surface area contributed by atoms with Gasteiger partial charge in [-0.1, -0.05) is 42.5 Å². The van der Waals surface area contributed by atoms with Crippen LogP contribution in [-0.4, -0.2) is 36.2 Å². The Kier molecular flexibility index (Phi) is 6.75. The van der Waals surface area contributed by atoms with Crippen LogP contribution in [0.4, 0.5) is 5.69 Å². The number of anilines is 1. The molecule has 3 aromatic carbocycles. The number of fused-ring (bicyclic) bond motifs is 1. The Morgan fingerprint density at radius 2 is 1.77 bits per heavy atom. The molecule has 0 saturated carbocycles. The number of nitrogens with zero attached hydrogens (tertiary/aromatic N) is 3. The second-order valence-corrected chi connectivity index (χ2v) is 9.59. The van der Waals surface area contributed by atoms with Gasteiger partial charge in [0.1, 0.15) is 22.3 Å². The Labute approximate surface area is 227 Å². The molecule has 1 aliphatic rings. The highest BCUT2D eigenvalue weighted by Gasteiger charge is 2.43. The van der Waals surface area contributed by atoms with Crippen molar-refractivity contribution in [1.82, 2.24) is 4.98 Å². The average molecular weight is 539 g/mol. The number of methoxy groups -OCH3 is 2. The van der Waals surface area contributed by atoms with Crippen LogP contribution in [-0.2, 0) is 19.1 Å². The van der Waals surface area contributed by atoms with Crippen LogP contribution < -0.4 is 10.6 Å². The van der Waals surface area contributed by atoms with E-state index in [0.717, 1.165) is 10.3 Å². The third-order valence-electron chi connectivity index (χ3n) is 6.33. The predicted molar refractivity (Wildman–Crippen MR) is 146 cm³/mol. The fourth-order valence-corrected chi connectivity index (χ4v) is 5.59. The molecular formula is C29H22N4O5S. The van der Waals surface area contributed by atoms with E-state index in [1.807, 2.05) is 6.07 Å². The summed E-state index contributed by atoms with van der Waals surface area (Å²) in [5, 5.41) is 20.8. The fourth-order valence-electron chi connectivity index (χ4n) is 4.60. The van der Waals surface area contributed by atoms with Crippen LogP contribution in [0.5, 0.6) is 5.75 Å². The standard InChI is InChI=1S/C29H22N4O5S/c1-37-28(35)24-23(16-7-4-3-5-8-16)20(15-30)26(31)33(25(24)29(36)38-2)18-11-12-21-22(14-18)39-27(32-21)17-9-6-10-19(34)13-17/h3-14,23,34H,31H2,1-2H3. The molecule has 0 bridgehead atoms. The largest absolute Gasteiger partial charge is 0.508 e. The predicted octanol–water partition coefficient (Wildman–Crippen LogP) is 4.57. The third kappa shape index (κ3) is 4.45. The quantitative estimate of drug-likeness (QED) is 0.350. The number of esters is 2. The summed E-state index contributed by atoms with van der Waals surface area (Å²) < 4.78 is 10.9. The molecule has 0 spiro atoms. The van der Waals surface area contributed by atoms with Crippen molar-refractivity contribution in [3.8, 4) is 22.4 Å². The Morgan fingerprint density at radius 1 is 1.03 bits per heavy atom. The smallest absolute Gasteiger partial charge is 0.355 e. The zero-order valence-corrected chi connectivity index (χ0v) is 21.7. The first kappa shape index (κ1) is 25.5. The van der Waals surface area contributed by atoms with Crippen molar-refractivity contribution in [1.29, 1.82) is 5.26 Å². The lowest BCUT2D eigenvalue weighted by atomic mass is 9.81. The van der Waals surface area contributed by atoms with E-state index in [1.54, 1.807) is 66.7 Å². The van der Waals surface area contributed by atoms with Crippen molar-refractivity contribution < 1.29 is 24.2 Å². The molecule has 1 aliphatic heterocycles. The first-order valence-electron chi connectivity index (χ1n) is 11.7. The Hall–Kier alpha value is -5.14. The lowest BCUT2D eigenvalue weighted by molar-refractivity contribution is -0.139. The lowest BCUT2D eigenvalue weighted by Gasteiger charge is -2.35. The van der Waals surface area contributed by atoms with Crippen LogP contribution in [0.3, 0.4) is 0 Å². The van der Waals surface area contributed by atoms with E-state index in [2.05, 4.69) is 11.1 Å². The van der Waals surface area contributed by atoms with Crippen LogP contribution in [0.1, 0.15) is 11.5 Å². The SMILES string of the molecule is COC(=O)C1=C(C(=O)OC)N(c2ccc3nc(-c4cccc(O)c4)sc3c2)C(N)=C(C#N)C1c1ccccc1. The lowest BCUT2D eigenvalue weighted by Crippen LogP contribution is -2.40. The maximum absolute atomic E-state index is 13.3. The van der Waals surface area contributed by atoms with Crippen LogP contribution in [0.25, 0.3) is 20.8 Å². The number of nitrogens with two attached hydrogens (primary N) is 1.